The fourth-order valence-electron chi connectivity index (χ4n) is 2.81. The average molecular weight is 352 g/mol. The second kappa shape index (κ2) is 7.07. The maximum absolute atomic E-state index is 12.2. The summed E-state index contributed by atoms with van der Waals surface area (Å²) in [5, 5.41) is 5.77. The van der Waals surface area contributed by atoms with E-state index in [9.17, 15) is 9.59 Å². The number of carbonyl (C=O) groups is 2. The van der Waals surface area contributed by atoms with Crippen LogP contribution in [0.4, 0.5) is 5.69 Å². The van der Waals surface area contributed by atoms with E-state index in [1.54, 1.807) is 24.3 Å². The highest BCUT2D eigenvalue weighted by molar-refractivity contribution is 5.96. The molecule has 2 aromatic carbocycles. The zero-order valence-electron chi connectivity index (χ0n) is 14.3. The van der Waals surface area contributed by atoms with E-state index < -0.39 is 0 Å². The summed E-state index contributed by atoms with van der Waals surface area (Å²) < 4.78 is 10.6. The molecule has 134 valence electrons. The molecule has 26 heavy (non-hydrogen) atoms. The molecule has 0 saturated heterocycles. The highest BCUT2D eigenvalue weighted by Crippen LogP contribution is 2.32. The molecule has 6 heteroatoms. The predicted molar refractivity (Wildman–Crippen MR) is 96.4 cm³/mol. The van der Waals surface area contributed by atoms with Gasteiger partial charge < -0.3 is 20.1 Å². The van der Waals surface area contributed by atoms with Crippen molar-refractivity contribution < 1.29 is 19.1 Å². The number of fused-ring (bicyclic) bond motifs is 1. The number of carbonyl (C=O) groups excluding carboxylic acids is 2. The third-order valence-electron chi connectivity index (χ3n) is 4.50. The standard InChI is InChI=1S/C20H20N2O4/c23-19(14-4-6-16(7-5-14)22-20(24)15-2-3-15)21-10-9-13-1-8-17-18(11-13)26-12-25-17/h1,4-8,11,15H,2-3,9-10,12H2,(H,21,23)(H,22,24). The van der Waals surface area contributed by atoms with Crippen molar-refractivity contribution in [1.29, 1.82) is 0 Å². The Morgan fingerprint density at radius 2 is 1.77 bits per heavy atom. The van der Waals surface area contributed by atoms with E-state index in [0.29, 0.717) is 18.5 Å². The van der Waals surface area contributed by atoms with Crippen LogP contribution in [0.1, 0.15) is 28.8 Å². The Labute approximate surface area is 151 Å². The Kier molecular flexibility index (Phi) is 4.48. The summed E-state index contributed by atoms with van der Waals surface area (Å²) in [7, 11) is 0. The first-order chi connectivity index (χ1) is 12.7. The van der Waals surface area contributed by atoms with Crippen molar-refractivity contribution in [2.75, 3.05) is 18.7 Å². The second-order valence-corrected chi connectivity index (χ2v) is 6.53. The van der Waals surface area contributed by atoms with Gasteiger partial charge in [-0.1, -0.05) is 6.07 Å². The minimum atomic E-state index is -0.134. The van der Waals surface area contributed by atoms with Gasteiger partial charge in [0.15, 0.2) is 11.5 Å². The van der Waals surface area contributed by atoms with Crippen LogP contribution in [0, 0.1) is 5.92 Å². The molecule has 0 unspecified atom stereocenters. The molecule has 1 fully saturated rings. The van der Waals surface area contributed by atoms with E-state index in [1.165, 1.54) is 0 Å². The number of rotatable bonds is 6. The van der Waals surface area contributed by atoms with Crippen LogP contribution in [0.2, 0.25) is 0 Å². The van der Waals surface area contributed by atoms with Gasteiger partial charge in [-0.2, -0.15) is 0 Å². The fraction of sp³-hybridized carbons (Fsp3) is 0.300. The quantitative estimate of drug-likeness (QED) is 0.838. The lowest BCUT2D eigenvalue weighted by Crippen LogP contribution is -2.25. The van der Waals surface area contributed by atoms with Gasteiger partial charge in [-0.05, 0) is 61.2 Å². The Morgan fingerprint density at radius 3 is 2.54 bits per heavy atom. The number of hydrogen-bond acceptors (Lipinski definition) is 4. The Bertz CT molecular complexity index is 828. The van der Waals surface area contributed by atoms with E-state index in [2.05, 4.69) is 10.6 Å². The van der Waals surface area contributed by atoms with Gasteiger partial charge in [0.05, 0.1) is 0 Å². The summed E-state index contributed by atoms with van der Waals surface area (Å²) in [4.78, 5) is 24.0. The number of nitrogens with one attached hydrogen (secondary N) is 2. The Hall–Kier alpha value is -3.02. The third-order valence-corrected chi connectivity index (χ3v) is 4.50. The number of amides is 2. The topological polar surface area (TPSA) is 76.7 Å². The van der Waals surface area contributed by atoms with Crippen LogP contribution in [0.15, 0.2) is 42.5 Å². The SMILES string of the molecule is O=C(NCCc1ccc2c(c1)OCO2)c1ccc(NC(=O)C2CC2)cc1. The molecule has 0 aromatic heterocycles. The largest absolute Gasteiger partial charge is 0.454 e. The zero-order chi connectivity index (χ0) is 17.9. The van der Waals surface area contributed by atoms with Crippen LogP contribution in [-0.4, -0.2) is 25.2 Å². The van der Waals surface area contributed by atoms with Gasteiger partial charge in [0.25, 0.3) is 5.91 Å². The van der Waals surface area contributed by atoms with Gasteiger partial charge in [-0.3, -0.25) is 9.59 Å². The van der Waals surface area contributed by atoms with E-state index in [-0.39, 0.29) is 24.5 Å². The molecule has 2 N–H and O–H groups in total. The second-order valence-electron chi connectivity index (χ2n) is 6.53. The molecule has 0 radical (unpaired) electrons. The highest BCUT2D eigenvalue weighted by atomic mass is 16.7. The maximum atomic E-state index is 12.2. The van der Waals surface area contributed by atoms with Gasteiger partial charge in [0, 0.05) is 23.7 Å². The van der Waals surface area contributed by atoms with E-state index in [4.69, 9.17) is 9.47 Å². The molecular formula is C20H20N2O4. The summed E-state index contributed by atoms with van der Waals surface area (Å²) in [6.45, 7) is 0.783. The molecule has 2 aliphatic rings. The van der Waals surface area contributed by atoms with Crippen LogP contribution in [0.5, 0.6) is 11.5 Å². The van der Waals surface area contributed by atoms with Crippen molar-refractivity contribution in [2.24, 2.45) is 5.92 Å². The molecular weight excluding hydrogens is 332 g/mol. The average Bonchev–Trinajstić information content (AvgIpc) is 3.40. The van der Waals surface area contributed by atoms with Gasteiger partial charge in [0.1, 0.15) is 0 Å². The first-order valence-electron chi connectivity index (χ1n) is 8.77. The van der Waals surface area contributed by atoms with E-state index in [1.807, 2.05) is 18.2 Å². The molecule has 2 amide bonds. The Morgan fingerprint density at radius 1 is 1.00 bits per heavy atom. The molecule has 0 atom stereocenters. The third kappa shape index (κ3) is 3.79. The molecule has 1 aliphatic heterocycles. The van der Waals surface area contributed by atoms with E-state index >= 15 is 0 Å². The molecule has 4 rings (SSSR count). The van der Waals surface area contributed by atoms with Gasteiger partial charge >= 0.3 is 0 Å². The predicted octanol–water partition coefficient (Wildman–Crippen LogP) is 2.74. The van der Waals surface area contributed by atoms with Crippen LogP contribution >= 0.6 is 0 Å². The first-order valence-corrected chi connectivity index (χ1v) is 8.77. The Balaban J connectivity index is 1.27. The number of benzene rings is 2. The lowest BCUT2D eigenvalue weighted by Gasteiger charge is -2.08. The molecule has 1 saturated carbocycles. The summed E-state index contributed by atoms with van der Waals surface area (Å²) >= 11 is 0. The molecule has 2 aromatic rings. The zero-order valence-corrected chi connectivity index (χ0v) is 14.3. The summed E-state index contributed by atoms with van der Waals surface area (Å²) in [6, 6.07) is 12.7. The van der Waals surface area contributed by atoms with Crippen LogP contribution in [0.3, 0.4) is 0 Å². The van der Waals surface area contributed by atoms with Crippen molar-refractivity contribution in [3.8, 4) is 11.5 Å². The molecule has 1 aliphatic carbocycles. The maximum Gasteiger partial charge on any atom is 0.251 e. The lowest BCUT2D eigenvalue weighted by molar-refractivity contribution is -0.117. The van der Waals surface area contributed by atoms with Crippen molar-refractivity contribution in [3.63, 3.8) is 0 Å². The smallest absolute Gasteiger partial charge is 0.251 e. The number of hydrogen-bond donors (Lipinski definition) is 2. The van der Waals surface area contributed by atoms with Crippen molar-refractivity contribution in [3.05, 3.63) is 53.6 Å². The summed E-state index contributed by atoms with van der Waals surface area (Å²) in [5.41, 5.74) is 2.37. The normalized spacial score (nSPS) is 14.8. The van der Waals surface area contributed by atoms with Gasteiger partial charge in [-0.25, -0.2) is 0 Å². The van der Waals surface area contributed by atoms with Gasteiger partial charge in [0.2, 0.25) is 12.7 Å². The van der Waals surface area contributed by atoms with Crippen LogP contribution in [-0.2, 0) is 11.2 Å². The van der Waals surface area contributed by atoms with Crippen molar-refractivity contribution in [2.45, 2.75) is 19.3 Å². The minimum absolute atomic E-state index is 0.0610. The summed E-state index contributed by atoms with van der Waals surface area (Å²) in [5.74, 6) is 1.59. The van der Waals surface area contributed by atoms with Crippen LogP contribution < -0.4 is 20.1 Å². The van der Waals surface area contributed by atoms with Crippen molar-refractivity contribution in [1.82, 2.24) is 5.32 Å². The molecule has 6 nitrogen and oxygen atoms in total. The van der Waals surface area contributed by atoms with Crippen molar-refractivity contribution >= 4 is 17.5 Å². The molecule has 1 heterocycles. The molecule has 0 bridgehead atoms. The highest BCUT2D eigenvalue weighted by Gasteiger charge is 2.29. The van der Waals surface area contributed by atoms with Crippen LogP contribution in [0.25, 0.3) is 0 Å². The number of anilines is 1. The number of ether oxygens (including phenoxy) is 2. The van der Waals surface area contributed by atoms with E-state index in [0.717, 1.165) is 35.6 Å². The molecule has 0 spiro atoms. The fourth-order valence-corrected chi connectivity index (χ4v) is 2.81. The summed E-state index contributed by atoms with van der Waals surface area (Å²) in [6.07, 6.45) is 2.64. The lowest BCUT2D eigenvalue weighted by atomic mass is 10.1. The monoisotopic (exact) mass is 352 g/mol. The first kappa shape index (κ1) is 16.4. The minimum Gasteiger partial charge on any atom is -0.454 e. The van der Waals surface area contributed by atoms with Gasteiger partial charge in [-0.15, -0.1) is 0 Å².